The molecule has 4 heteroatoms. The summed E-state index contributed by atoms with van der Waals surface area (Å²) in [6, 6.07) is 12.9. The van der Waals surface area contributed by atoms with Crippen LogP contribution in [0.5, 0.6) is 0 Å². The van der Waals surface area contributed by atoms with Crippen LogP contribution in [0.1, 0.15) is 57.9 Å². The number of hydrogen-bond donors (Lipinski definition) is 0. The van der Waals surface area contributed by atoms with Crippen molar-refractivity contribution in [3.05, 3.63) is 35.9 Å². The van der Waals surface area contributed by atoms with Gasteiger partial charge in [0.05, 0.1) is 11.5 Å². The summed E-state index contributed by atoms with van der Waals surface area (Å²) in [5.74, 6) is 0.356. The van der Waals surface area contributed by atoms with Crippen LogP contribution in [0.15, 0.2) is 30.3 Å². The minimum absolute atomic E-state index is 0.146. The average Bonchev–Trinajstić information content (AvgIpc) is 3.26. The topological polar surface area (TPSA) is 53.3 Å². The van der Waals surface area contributed by atoms with E-state index in [-0.39, 0.29) is 17.6 Å². The van der Waals surface area contributed by atoms with Gasteiger partial charge in [-0.25, -0.2) is 4.79 Å². The lowest BCUT2D eigenvalue weighted by molar-refractivity contribution is 0.0107. The summed E-state index contributed by atoms with van der Waals surface area (Å²) in [7, 11) is 0. The van der Waals surface area contributed by atoms with Crippen molar-refractivity contribution in [2.75, 3.05) is 6.54 Å². The van der Waals surface area contributed by atoms with E-state index in [0.29, 0.717) is 12.5 Å². The predicted molar refractivity (Wildman–Crippen MR) is 92.4 cm³/mol. The molecule has 1 aromatic rings. The fourth-order valence-electron chi connectivity index (χ4n) is 3.46. The Bertz CT molecular complexity index is 638. The van der Waals surface area contributed by atoms with Gasteiger partial charge in [0.15, 0.2) is 0 Å². The van der Waals surface area contributed by atoms with E-state index < -0.39 is 5.60 Å². The summed E-state index contributed by atoms with van der Waals surface area (Å²) in [5, 5.41) is 9.56. The van der Waals surface area contributed by atoms with E-state index in [1.54, 1.807) is 0 Å². The Morgan fingerprint density at radius 2 is 2.00 bits per heavy atom. The van der Waals surface area contributed by atoms with E-state index >= 15 is 0 Å². The summed E-state index contributed by atoms with van der Waals surface area (Å²) >= 11 is 0. The van der Waals surface area contributed by atoms with Crippen molar-refractivity contribution in [3.8, 4) is 6.07 Å². The van der Waals surface area contributed by atoms with Crippen molar-refractivity contribution in [3.63, 3.8) is 0 Å². The van der Waals surface area contributed by atoms with Crippen molar-refractivity contribution in [2.24, 2.45) is 5.41 Å². The average molecular weight is 326 g/mol. The van der Waals surface area contributed by atoms with E-state index in [1.807, 2.05) is 43.9 Å². The quantitative estimate of drug-likeness (QED) is 0.820. The van der Waals surface area contributed by atoms with Crippen molar-refractivity contribution < 1.29 is 9.53 Å². The zero-order chi connectivity index (χ0) is 17.4. The van der Waals surface area contributed by atoms with Gasteiger partial charge in [-0.2, -0.15) is 5.26 Å². The first-order valence-electron chi connectivity index (χ1n) is 8.79. The van der Waals surface area contributed by atoms with Gasteiger partial charge >= 0.3 is 6.09 Å². The molecule has 128 valence electrons. The first-order chi connectivity index (χ1) is 11.3. The van der Waals surface area contributed by atoms with Crippen LogP contribution in [-0.4, -0.2) is 29.2 Å². The molecule has 0 heterocycles. The standard InChI is InChI=1S/C20H26N2O2/c1-19(2,3)24-18(23)22(14-20(13-21)10-7-11-20)17-12-16(17)15-8-5-4-6-9-15/h4-6,8-9,16-17H,7,10-12,14H2,1-3H3/t16-,17+/m1/s1. The highest BCUT2D eigenvalue weighted by Gasteiger charge is 2.50. The van der Waals surface area contributed by atoms with E-state index in [1.165, 1.54) is 5.56 Å². The molecule has 0 radical (unpaired) electrons. The number of hydrogen-bond acceptors (Lipinski definition) is 3. The Kier molecular flexibility index (Phi) is 4.29. The molecule has 0 bridgehead atoms. The largest absolute Gasteiger partial charge is 0.444 e. The Balaban J connectivity index is 1.76. The molecule has 0 unspecified atom stereocenters. The van der Waals surface area contributed by atoms with Crippen molar-refractivity contribution >= 4 is 6.09 Å². The predicted octanol–water partition coefficient (Wildman–Crippen LogP) is 4.47. The molecule has 1 aromatic carbocycles. The van der Waals surface area contributed by atoms with E-state index in [9.17, 15) is 10.1 Å². The number of carbonyl (C=O) groups is 1. The molecule has 2 saturated carbocycles. The van der Waals surface area contributed by atoms with Crippen molar-refractivity contribution in [1.29, 1.82) is 5.26 Å². The van der Waals surface area contributed by atoms with Gasteiger partial charge in [0, 0.05) is 18.5 Å². The van der Waals surface area contributed by atoms with Gasteiger partial charge < -0.3 is 9.64 Å². The monoisotopic (exact) mass is 326 g/mol. The summed E-state index contributed by atoms with van der Waals surface area (Å²) in [6.45, 7) is 6.14. The molecule has 4 nitrogen and oxygen atoms in total. The lowest BCUT2D eigenvalue weighted by Crippen LogP contribution is -2.47. The molecule has 2 aliphatic carbocycles. The Labute approximate surface area is 144 Å². The fraction of sp³-hybridized carbons (Fsp3) is 0.600. The number of nitriles is 1. The van der Waals surface area contributed by atoms with Crippen LogP contribution < -0.4 is 0 Å². The lowest BCUT2D eigenvalue weighted by atomic mass is 9.69. The SMILES string of the molecule is CC(C)(C)OC(=O)N(CC1(C#N)CCC1)[C@H]1C[C@@H]1c1ccccc1. The fourth-order valence-corrected chi connectivity index (χ4v) is 3.46. The Hall–Kier alpha value is -2.02. The molecule has 2 aliphatic rings. The second-order valence-corrected chi connectivity index (χ2v) is 8.17. The summed E-state index contributed by atoms with van der Waals surface area (Å²) < 4.78 is 5.62. The molecule has 1 amide bonds. The molecular weight excluding hydrogens is 300 g/mol. The highest BCUT2D eigenvalue weighted by molar-refractivity contribution is 5.69. The maximum absolute atomic E-state index is 12.7. The van der Waals surface area contributed by atoms with Crippen LogP contribution in [-0.2, 0) is 4.74 Å². The minimum Gasteiger partial charge on any atom is -0.444 e. The van der Waals surface area contributed by atoms with Gasteiger partial charge in [-0.1, -0.05) is 36.8 Å². The number of ether oxygens (including phenoxy) is 1. The summed E-state index contributed by atoms with van der Waals surface area (Å²) in [4.78, 5) is 14.6. The normalized spacial score (nSPS) is 24.4. The smallest absolute Gasteiger partial charge is 0.410 e. The molecule has 0 aliphatic heterocycles. The van der Waals surface area contributed by atoms with Crippen LogP contribution in [0.2, 0.25) is 0 Å². The number of nitrogens with zero attached hydrogens (tertiary/aromatic N) is 2. The van der Waals surface area contributed by atoms with E-state index in [4.69, 9.17) is 4.74 Å². The molecule has 2 fully saturated rings. The minimum atomic E-state index is -0.522. The second-order valence-electron chi connectivity index (χ2n) is 8.17. The molecule has 0 spiro atoms. The van der Waals surface area contributed by atoms with Crippen LogP contribution in [0.25, 0.3) is 0 Å². The summed E-state index contributed by atoms with van der Waals surface area (Å²) in [6.07, 6.45) is 3.50. The molecule has 0 saturated heterocycles. The van der Waals surface area contributed by atoms with Crippen LogP contribution >= 0.6 is 0 Å². The van der Waals surface area contributed by atoms with Crippen molar-refractivity contribution in [1.82, 2.24) is 4.90 Å². The van der Waals surface area contributed by atoms with Crippen LogP contribution in [0, 0.1) is 16.7 Å². The van der Waals surface area contributed by atoms with Gasteiger partial charge in [-0.05, 0) is 45.6 Å². The zero-order valence-corrected chi connectivity index (χ0v) is 14.8. The molecule has 0 N–H and O–H groups in total. The molecule has 3 rings (SSSR count). The van der Waals surface area contributed by atoms with Crippen LogP contribution in [0.3, 0.4) is 0 Å². The third kappa shape index (κ3) is 3.56. The number of rotatable bonds is 4. The lowest BCUT2D eigenvalue weighted by Gasteiger charge is -2.40. The Morgan fingerprint density at radius 1 is 1.33 bits per heavy atom. The molecule has 24 heavy (non-hydrogen) atoms. The Morgan fingerprint density at radius 3 is 2.50 bits per heavy atom. The van der Waals surface area contributed by atoms with Gasteiger partial charge in [0.2, 0.25) is 0 Å². The highest BCUT2D eigenvalue weighted by Crippen LogP contribution is 2.48. The van der Waals surface area contributed by atoms with Crippen LogP contribution in [0.4, 0.5) is 4.79 Å². The van der Waals surface area contributed by atoms with Gasteiger partial charge in [0.25, 0.3) is 0 Å². The van der Waals surface area contributed by atoms with Gasteiger partial charge in [-0.15, -0.1) is 0 Å². The third-order valence-corrected chi connectivity index (χ3v) is 5.03. The number of amides is 1. The molecule has 0 aromatic heterocycles. The van der Waals surface area contributed by atoms with E-state index in [0.717, 1.165) is 25.7 Å². The molecule has 2 atom stereocenters. The second kappa shape index (κ2) is 6.12. The van der Waals surface area contributed by atoms with Gasteiger partial charge in [-0.3, -0.25) is 0 Å². The van der Waals surface area contributed by atoms with E-state index in [2.05, 4.69) is 18.2 Å². The zero-order valence-electron chi connectivity index (χ0n) is 14.8. The summed E-state index contributed by atoms with van der Waals surface area (Å²) in [5.41, 5.74) is 0.364. The molecular formula is C20H26N2O2. The highest BCUT2D eigenvalue weighted by atomic mass is 16.6. The van der Waals surface area contributed by atoms with Crippen molar-refractivity contribution in [2.45, 2.75) is 64.0 Å². The van der Waals surface area contributed by atoms with Gasteiger partial charge in [0.1, 0.15) is 5.60 Å². The maximum Gasteiger partial charge on any atom is 0.410 e. The first-order valence-corrected chi connectivity index (χ1v) is 8.79. The number of benzene rings is 1. The third-order valence-electron chi connectivity index (χ3n) is 5.03. The maximum atomic E-state index is 12.7. The number of carbonyl (C=O) groups excluding carboxylic acids is 1. The first kappa shape index (κ1) is 16.8.